The molecule has 1 fully saturated rings. The van der Waals surface area contributed by atoms with Gasteiger partial charge in [-0.05, 0) is 20.3 Å². The Balaban J connectivity index is 2.32. The summed E-state index contributed by atoms with van der Waals surface area (Å²) in [6.07, 6.45) is 3.54. The van der Waals surface area contributed by atoms with E-state index in [4.69, 9.17) is 5.73 Å². The van der Waals surface area contributed by atoms with Crippen molar-refractivity contribution in [2.75, 3.05) is 6.54 Å². The molecule has 0 aromatic carbocycles. The summed E-state index contributed by atoms with van der Waals surface area (Å²) in [5, 5.41) is 4.50. The van der Waals surface area contributed by atoms with Crippen molar-refractivity contribution in [2.45, 2.75) is 52.2 Å². The number of nitrogens with zero attached hydrogens (tertiary/aromatic N) is 3. The quantitative estimate of drug-likeness (QED) is 0.874. The van der Waals surface area contributed by atoms with Crippen LogP contribution in [0.5, 0.6) is 0 Å². The average molecular weight is 250 g/mol. The summed E-state index contributed by atoms with van der Waals surface area (Å²) < 4.78 is 1.95. The Morgan fingerprint density at radius 1 is 1.50 bits per heavy atom. The predicted molar refractivity (Wildman–Crippen MR) is 70.0 cm³/mol. The number of amides is 1. The molecule has 100 valence electrons. The first-order valence-electron chi connectivity index (χ1n) is 6.67. The number of hydrogen-bond acceptors (Lipinski definition) is 3. The Bertz CT molecular complexity index is 440. The zero-order valence-corrected chi connectivity index (χ0v) is 11.4. The Morgan fingerprint density at radius 3 is 2.83 bits per heavy atom. The maximum atomic E-state index is 11.9. The van der Waals surface area contributed by atoms with Gasteiger partial charge in [-0.25, -0.2) is 0 Å². The molecule has 1 aliphatic heterocycles. The maximum absolute atomic E-state index is 11.9. The Morgan fingerprint density at radius 2 is 2.22 bits per heavy atom. The topological polar surface area (TPSA) is 64.2 Å². The average Bonchev–Trinajstić information content (AvgIpc) is 2.79. The van der Waals surface area contributed by atoms with Crippen molar-refractivity contribution in [3.8, 4) is 0 Å². The van der Waals surface area contributed by atoms with Gasteiger partial charge in [-0.2, -0.15) is 5.10 Å². The van der Waals surface area contributed by atoms with Crippen molar-refractivity contribution < 1.29 is 4.79 Å². The van der Waals surface area contributed by atoms with Crippen LogP contribution in [0.1, 0.15) is 44.0 Å². The lowest BCUT2D eigenvalue weighted by molar-refractivity contribution is -0.128. The minimum atomic E-state index is -0.115. The molecule has 2 atom stereocenters. The van der Waals surface area contributed by atoms with Gasteiger partial charge >= 0.3 is 0 Å². The number of likely N-dealkylation sites (tertiary alicyclic amines) is 1. The maximum Gasteiger partial charge on any atom is 0.224 e. The molecule has 5 nitrogen and oxygen atoms in total. The third-order valence-corrected chi connectivity index (χ3v) is 3.57. The molecule has 0 radical (unpaired) electrons. The number of carbonyl (C=O) groups excluding carboxylic acids is 1. The molecule has 2 unspecified atom stereocenters. The van der Waals surface area contributed by atoms with Crippen LogP contribution in [0.3, 0.4) is 0 Å². The van der Waals surface area contributed by atoms with Gasteiger partial charge in [0.15, 0.2) is 0 Å². The molecule has 1 amide bonds. The third-order valence-electron chi connectivity index (χ3n) is 3.57. The summed E-state index contributed by atoms with van der Waals surface area (Å²) in [6, 6.07) is -0.122. The van der Waals surface area contributed by atoms with E-state index in [1.54, 1.807) is 0 Å². The minimum absolute atomic E-state index is 0.00638. The van der Waals surface area contributed by atoms with Crippen molar-refractivity contribution in [3.63, 3.8) is 0 Å². The fraction of sp³-hybridized carbons (Fsp3) is 0.692. The van der Waals surface area contributed by atoms with Crippen molar-refractivity contribution in [3.05, 3.63) is 17.5 Å². The summed E-state index contributed by atoms with van der Waals surface area (Å²) in [5.41, 5.74) is 8.20. The van der Waals surface area contributed by atoms with Crippen molar-refractivity contribution in [1.29, 1.82) is 0 Å². The van der Waals surface area contributed by atoms with Crippen LogP contribution >= 0.6 is 0 Å². The Labute approximate surface area is 108 Å². The van der Waals surface area contributed by atoms with E-state index in [-0.39, 0.29) is 18.0 Å². The summed E-state index contributed by atoms with van der Waals surface area (Å²) in [5.74, 6) is 0.151. The molecule has 18 heavy (non-hydrogen) atoms. The predicted octanol–water partition coefficient (Wildman–Crippen LogP) is 1.22. The molecule has 5 heteroatoms. The van der Waals surface area contributed by atoms with Crippen molar-refractivity contribution in [1.82, 2.24) is 14.7 Å². The highest BCUT2D eigenvalue weighted by atomic mass is 16.2. The summed E-state index contributed by atoms with van der Waals surface area (Å²) in [6.45, 7) is 7.72. The van der Waals surface area contributed by atoms with Crippen molar-refractivity contribution in [2.24, 2.45) is 5.73 Å². The Hall–Kier alpha value is -1.36. The van der Waals surface area contributed by atoms with E-state index in [9.17, 15) is 4.79 Å². The van der Waals surface area contributed by atoms with Gasteiger partial charge in [-0.1, -0.05) is 6.92 Å². The monoisotopic (exact) mass is 250 g/mol. The van der Waals surface area contributed by atoms with Gasteiger partial charge in [0.1, 0.15) is 0 Å². The number of carbonyl (C=O) groups is 1. The molecule has 0 saturated carbocycles. The van der Waals surface area contributed by atoms with Gasteiger partial charge < -0.3 is 10.6 Å². The van der Waals surface area contributed by atoms with Crippen LogP contribution in [-0.2, 0) is 11.3 Å². The SMILES string of the molecule is CCCn1cc(C2C(N)CC(=O)N2CC)c(C)n1. The largest absolute Gasteiger partial charge is 0.334 e. The van der Waals surface area contributed by atoms with E-state index >= 15 is 0 Å². The van der Waals surface area contributed by atoms with Gasteiger partial charge in [0.05, 0.1) is 11.7 Å². The van der Waals surface area contributed by atoms with Crippen LogP contribution < -0.4 is 5.73 Å². The summed E-state index contributed by atoms with van der Waals surface area (Å²) >= 11 is 0. The normalized spacial score (nSPS) is 24.0. The van der Waals surface area contributed by atoms with E-state index in [1.807, 2.05) is 29.6 Å². The van der Waals surface area contributed by atoms with E-state index in [1.165, 1.54) is 0 Å². The van der Waals surface area contributed by atoms with Gasteiger partial charge in [0.25, 0.3) is 0 Å². The van der Waals surface area contributed by atoms with Crippen LogP contribution in [0.2, 0.25) is 0 Å². The first-order chi connectivity index (χ1) is 8.58. The van der Waals surface area contributed by atoms with Gasteiger partial charge in [-0.15, -0.1) is 0 Å². The van der Waals surface area contributed by atoms with Crippen LogP contribution in [0.15, 0.2) is 6.20 Å². The zero-order valence-electron chi connectivity index (χ0n) is 11.4. The second-order valence-electron chi connectivity index (χ2n) is 4.93. The molecule has 2 heterocycles. The lowest BCUT2D eigenvalue weighted by Crippen LogP contribution is -2.33. The number of aryl methyl sites for hydroxylation is 2. The molecule has 2 N–H and O–H groups in total. The number of likely N-dealkylation sites (N-methyl/N-ethyl adjacent to an activating group) is 1. The smallest absolute Gasteiger partial charge is 0.224 e. The number of hydrogen-bond donors (Lipinski definition) is 1. The summed E-state index contributed by atoms with van der Waals surface area (Å²) in [7, 11) is 0. The molecule has 1 aliphatic rings. The second-order valence-corrected chi connectivity index (χ2v) is 4.93. The highest BCUT2D eigenvalue weighted by molar-refractivity contribution is 5.80. The number of nitrogens with two attached hydrogens (primary N) is 1. The third kappa shape index (κ3) is 2.14. The second kappa shape index (κ2) is 5.10. The lowest BCUT2D eigenvalue weighted by Gasteiger charge is -2.25. The van der Waals surface area contributed by atoms with E-state index in [2.05, 4.69) is 12.0 Å². The van der Waals surface area contributed by atoms with Crippen LogP contribution in [0.25, 0.3) is 0 Å². The van der Waals surface area contributed by atoms with Crippen molar-refractivity contribution >= 4 is 5.91 Å². The molecular weight excluding hydrogens is 228 g/mol. The highest BCUT2D eigenvalue weighted by Gasteiger charge is 2.39. The lowest BCUT2D eigenvalue weighted by atomic mass is 10.0. The van der Waals surface area contributed by atoms with Gasteiger partial charge in [0, 0.05) is 37.3 Å². The molecule has 1 aromatic rings. The molecule has 0 spiro atoms. The number of aromatic nitrogens is 2. The van der Waals surface area contributed by atoms with Crippen LogP contribution in [-0.4, -0.2) is 33.2 Å². The molecular formula is C13H22N4O. The Kier molecular flexibility index (Phi) is 3.71. The molecule has 0 bridgehead atoms. The summed E-state index contributed by atoms with van der Waals surface area (Å²) in [4.78, 5) is 13.7. The van der Waals surface area contributed by atoms with E-state index < -0.39 is 0 Å². The molecule has 1 aromatic heterocycles. The first kappa shape index (κ1) is 13.1. The fourth-order valence-electron chi connectivity index (χ4n) is 2.76. The van der Waals surface area contributed by atoms with Crippen LogP contribution in [0, 0.1) is 6.92 Å². The minimum Gasteiger partial charge on any atom is -0.334 e. The standard InChI is InChI=1S/C13H22N4O/c1-4-6-16-8-10(9(3)15-16)13-11(14)7-12(18)17(13)5-2/h8,11,13H,4-7,14H2,1-3H3. The van der Waals surface area contributed by atoms with E-state index in [0.29, 0.717) is 13.0 Å². The van der Waals surface area contributed by atoms with E-state index in [0.717, 1.165) is 24.2 Å². The number of rotatable bonds is 4. The first-order valence-corrected chi connectivity index (χ1v) is 6.67. The van der Waals surface area contributed by atoms with Crippen LogP contribution in [0.4, 0.5) is 0 Å². The molecule has 0 aliphatic carbocycles. The van der Waals surface area contributed by atoms with Gasteiger partial charge in [-0.3, -0.25) is 9.48 Å². The van der Waals surface area contributed by atoms with Gasteiger partial charge in [0.2, 0.25) is 5.91 Å². The highest BCUT2D eigenvalue weighted by Crippen LogP contribution is 2.33. The fourth-order valence-corrected chi connectivity index (χ4v) is 2.76. The zero-order chi connectivity index (χ0) is 13.3. The molecule has 1 saturated heterocycles. The molecule has 2 rings (SSSR count).